The number of nitrogens with zero attached hydrogens (tertiary/aromatic N) is 3. The monoisotopic (exact) mass is 314 g/mol. The largest absolute Gasteiger partial charge is 0.383 e. The molecule has 1 aromatic carbocycles. The van der Waals surface area contributed by atoms with Gasteiger partial charge in [-0.05, 0) is 24.4 Å². The van der Waals surface area contributed by atoms with Crippen molar-refractivity contribution in [1.29, 1.82) is 0 Å². The summed E-state index contributed by atoms with van der Waals surface area (Å²) >= 11 is 10.9. The highest BCUT2D eigenvalue weighted by Gasteiger charge is 2.20. The molecule has 0 radical (unpaired) electrons. The zero-order chi connectivity index (χ0) is 14.7. The second-order valence-corrected chi connectivity index (χ2v) is 4.74. The van der Waals surface area contributed by atoms with Crippen molar-refractivity contribution >= 4 is 29.5 Å². The van der Waals surface area contributed by atoms with Crippen LogP contribution >= 0.6 is 23.8 Å². The summed E-state index contributed by atoms with van der Waals surface area (Å²) in [5.41, 5.74) is 0.230. The summed E-state index contributed by atoms with van der Waals surface area (Å²) in [5, 5.41) is 18.1. The summed E-state index contributed by atoms with van der Waals surface area (Å²) < 4.78 is 7.02. The van der Waals surface area contributed by atoms with Gasteiger partial charge in [0, 0.05) is 18.2 Å². The Morgan fingerprint density at radius 2 is 2.35 bits per heavy atom. The fourth-order valence-corrected chi connectivity index (χ4v) is 2.15. The summed E-state index contributed by atoms with van der Waals surface area (Å²) in [4.78, 5) is 10.6. The Morgan fingerprint density at radius 1 is 1.60 bits per heavy atom. The van der Waals surface area contributed by atoms with Crippen molar-refractivity contribution in [3.8, 4) is 11.4 Å². The number of aromatic amines is 1. The number of halogens is 1. The predicted molar refractivity (Wildman–Crippen MR) is 76.4 cm³/mol. The van der Waals surface area contributed by atoms with Gasteiger partial charge in [0.1, 0.15) is 0 Å². The average Bonchev–Trinajstić information content (AvgIpc) is 2.77. The van der Waals surface area contributed by atoms with Crippen molar-refractivity contribution in [3.05, 3.63) is 38.1 Å². The molecule has 0 atom stereocenters. The van der Waals surface area contributed by atoms with E-state index in [0.29, 0.717) is 29.3 Å². The second kappa shape index (κ2) is 6.12. The Labute approximate surface area is 124 Å². The molecule has 0 bridgehead atoms. The fraction of sp³-hybridized carbons (Fsp3) is 0.273. The first-order valence-corrected chi connectivity index (χ1v) is 6.41. The lowest BCUT2D eigenvalue weighted by molar-refractivity contribution is -0.384. The highest BCUT2D eigenvalue weighted by atomic mass is 35.5. The fourth-order valence-electron chi connectivity index (χ4n) is 1.76. The molecule has 106 valence electrons. The van der Waals surface area contributed by atoms with E-state index in [9.17, 15) is 10.1 Å². The molecular weight excluding hydrogens is 304 g/mol. The summed E-state index contributed by atoms with van der Waals surface area (Å²) in [6, 6.07) is 4.41. The predicted octanol–water partition coefficient (Wildman–Crippen LogP) is 2.82. The number of benzene rings is 1. The molecule has 2 aromatic rings. The van der Waals surface area contributed by atoms with Crippen molar-refractivity contribution < 1.29 is 9.66 Å². The van der Waals surface area contributed by atoms with Crippen molar-refractivity contribution in [2.75, 3.05) is 13.7 Å². The van der Waals surface area contributed by atoms with Gasteiger partial charge in [-0.3, -0.25) is 19.8 Å². The van der Waals surface area contributed by atoms with Crippen LogP contribution in [-0.4, -0.2) is 33.4 Å². The van der Waals surface area contributed by atoms with Gasteiger partial charge in [-0.25, -0.2) is 0 Å². The van der Waals surface area contributed by atoms with Crippen LogP contribution in [0.2, 0.25) is 5.02 Å². The SMILES string of the molecule is COCCn1c(-c2ccc(Cl)cc2[N+](=O)[O-])n[nH]c1=S. The molecule has 0 unspecified atom stereocenters. The molecule has 9 heteroatoms. The molecule has 2 rings (SSSR count). The van der Waals surface area contributed by atoms with E-state index in [-0.39, 0.29) is 10.7 Å². The van der Waals surface area contributed by atoms with Crippen LogP contribution < -0.4 is 0 Å². The average molecular weight is 315 g/mol. The van der Waals surface area contributed by atoms with Crippen LogP contribution in [0.15, 0.2) is 18.2 Å². The van der Waals surface area contributed by atoms with Crippen molar-refractivity contribution in [1.82, 2.24) is 14.8 Å². The number of nitro benzene ring substituents is 1. The maximum atomic E-state index is 11.1. The van der Waals surface area contributed by atoms with Gasteiger partial charge in [-0.15, -0.1) is 0 Å². The van der Waals surface area contributed by atoms with Crippen molar-refractivity contribution in [2.45, 2.75) is 6.54 Å². The highest BCUT2D eigenvalue weighted by molar-refractivity contribution is 7.71. The minimum atomic E-state index is -0.500. The highest BCUT2D eigenvalue weighted by Crippen LogP contribution is 2.31. The van der Waals surface area contributed by atoms with E-state index in [2.05, 4.69) is 10.2 Å². The van der Waals surface area contributed by atoms with Gasteiger partial charge < -0.3 is 4.74 Å². The molecule has 0 saturated carbocycles. The van der Waals surface area contributed by atoms with Crippen molar-refractivity contribution in [3.63, 3.8) is 0 Å². The van der Waals surface area contributed by atoms with Gasteiger partial charge in [0.25, 0.3) is 5.69 Å². The molecule has 1 aromatic heterocycles. The molecule has 0 aliphatic carbocycles. The molecular formula is C11H11ClN4O3S. The molecule has 0 saturated heterocycles. The number of hydrogen-bond acceptors (Lipinski definition) is 5. The van der Waals surface area contributed by atoms with Gasteiger partial charge >= 0.3 is 0 Å². The molecule has 20 heavy (non-hydrogen) atoms. The molecule has 7 nitrogen and oxygen atoms in total. The molecule has 0 aliphatic rings. The molecule has 0 spiro atoms. The summed E-state index contributed by atoms with van der Waals surface area (Å²) in [5.74, 6) is 0.385. The van der Waals surface area contributed by atoms with Crippen molar-refractivity contribution in [2.24, 2.45) is 0 Å². The molecule has 0 fully saturated rings. The lowest BCUT2D eigenvalue weighted by atomic mass is 10.1. The number of rotatable bonds is 5. The second-order valence-electron chi connectivity index (χ2n) is 3.92. The smallest absolute Gasteiger partial charge is 0.281 e. The van der Waals surface area contributed by atoms with Gasteiger partial charge in [0.15, 0.2) is 10.6 Å². The Kier molecular flexibility index (Phi) is 4.48. The lowest BCUT2D eigenvalue weighted by Crippen LogP contribution is -2.07. The first kappa shape index (κ1) is 14.6. The summed E-state index contributed by atoms with van der Waals surface area (Å²) in [6.07, 6.45) is 0. The van der Waals surface area contributed by atoms with Crippen LogP contribution in [0.3, 0.4) is 0 Å². The topological polar surface area (TPSA) is 86.0 Å². The number of ether oxygens (including phenoxy) is 1. The minimum absolute atomic E-state index is 0.120. The van der Waals surface area contributed by atoms with Gasteiger partial charge in [0.05, 0.1) is 23.6 Å². The maximum Gasteiger partial charge on any atom is 0.281 e. The van der Waals surface area contributed by atoms with Crippen LogP contribution in [0.4, 0.5) is 5.69 Å². The number of aromatic nitrogens is 3. The van der Waals surface area contributed by atoms with Gasteiger partial charge in [-0.2, -0.15) is 5.10 Å². The third-order valence-corrected chi connectivity index (χ3v) is 3.22. The number of nitrogens with one attached hydrogen (secondary N) is 1. The number of methoxy groups -OCH3 is 1. The lowest BCUT2D eigenvalue weighted by Gasteiger charge is -2.06. The van der Waals surface area contributed by atoms with E-state index in [4.69, 9.17) is 28.6 Å². The number of hydrogen-bond donors (Lipinski definition) is 1. The quantitative estimate of drug-likeness (QED) is 0.521. The van der Waals surface area contributed by atoms with E-state index in [1.54, 1.807) is 23.8 Å². The molecule has 1 heterocycles. The van der Waals surface area contributed by atoms with Gasteiger partial charge in [-0.1, -0.05) is 11.6 Å². The van der Waals surface area contributed by atoms with Crippen LogP contribution in [0.5, 0.6) is 0 Å². The Morgan fingerprint density at radius 3 is 3.00 bits per heavy atom. The van der Waals surface area contributed by atoms with E-state index >= 15 is 0 Å². The Balaban J connectivity index is 2.57. The third-order valence-electron chi connectivity index (χ3n) is 2.67. The van der Waals surface area contributed by atoms with Crippen LogP contribution in [0.1, 0.15) is 0 Å². The van der Waals surface area contributed by atoms with E-state index in [1.807, 2.05) is 0 Å². The van der Waals surface area contributed by atoms with Crippen LogP contribution in [-0.2, 0) is 11.3 Å². The Hall–Kier alpha value is -1.77. The minimum Gasteiger partial charge on any atom is -0.383 e. The third kappa shape index (κ3) is 2.87. The zero-order valence-electron chi connectivity index (χ0n) is 10.5. The first-order chi connectivity index (χ1) is 9.54. The standard InChI is InChI=1S/C11H11ClN4O3S/c1-19-5-4-15-10(13-14-11(15)20)8-3-2-7(12)6-9(8)16(17)18/h2-3,6H,4-5H2,1H3,(H,14,20). The van der Waals surface area contributed by atoms with Crippen LogP contribution in [0, 0.1) is 14.9 Å². The summed E-state index contributed by atoms with van der Waals surface area (Å²) in [6.45, 7) is 0.864. The van der Waals surface area contributed by atoms with Gasteiger partial charge in [0.2, 0.25) is 0 Å². The maximum absolute atomic E-state index is 11.1. The summed E-state index contributed by atoms with van der Waals surface area (Å²) in [7, 11) is 1.56. The molecule has 1 N–H and O–H groups in total. The molecule has 0 amide bonds. The first-order valence-electron chi connectivity index (χ1n) is 5.63. The van der Waals surface area contributed by atoms with E-state index in [0.717, 1.165) is 0 Å². The normalized spacial score (nSPS) is 10.7. The number of nitro groups is 1. The number of H-pyrrole nitrogens is 1. The molecule has 0 aliphatic heterocycles. The van der Waals surface area contributed by atoms with E-state index in [1.165, 1.54) is 6.07 Å². The Bertz CT molecular complexity index is 697. The zero-order valence-corrected chi connectivity index (χ0v) is 12.1. The van der Waals surface area contributed by atoms with E-state index < -0.39 is 4.92 Å². The van der Waals surface area contributed by atoms with Crippen LogP contribution in [0.25, 0.3) is 11.4 Å².